The molecule has 4 rings (SSSR count). The van der Waals surface area contributed by atoms with Gasteiger partial charge in [0.05, 0.1) is 22.7 Å². The Morgan fingerprint density at radius 3 is 2.67 bits per heavy atom. The van der Waals surface area contributed by atoms with Crippen LogP contribution in [0.2, 0.25) is 5.02 Å². The van der Waals surface area contributed by atoms with Gasteiger partial charge in [-0.05, 0) is 23.6 Å². The number of hydrogen-bond acceptors (Lipinski definition) is 6. The summed E-state index contributed by atoms with van der Waals surface area (Å²) in [5.41, 5.74) is 5.93. The Hall–Kier alpha value is -2.98. The van der Waals surface area contributed by atoms with E-state index < -0.39 is 29.0 Å². The number of carbonyl (C=O) groups excluding carboxylic acids is 1. The van der Waals surface area contributed by atoms with Gasteiger partial charge in [0.15, 0.2) is 5.78 Å². The molecule has 1 aliphatic heterocycles. The fourth-order valence-electron chi connectivity index (χ4n) is 3.68. The molecule has 0 bridgehead atoms. The van der Waals surface area contributed by atoms with Gasteiger partial charge >= 0.3 is 6.18 Å². The first-order valence-electron chi connectivity index (χ1n) is 9.89. The van der Waals surface area contributed by atoms with Crippen LogP contribution in [0.25, 0.3) is 0 Å². The number of hydrogen-bond donors (Lipinski definition) is 2. The molecule has 1 aromatic heterocycles. The summed E-state index contributed by atoms with van der Waals surface area (Å²) in [7, 11) is 0. The summed E-state index contributed by atoms with van der Waals surface area (Å²) in [5, 5.41) is 7.10. The maximum atomic E-state index is 12.8. The summed E-state index contributed by atoms with van der Waals surface area (Å²) in [6.45, 7) is 1.95. The molecule has 1 aromatic carbocycles. The molecule has 3 N–H and O–H groups in total. The molecule has 2 heterocycles. The van der Waals surface area contributed by atoms with Gasteiger partial charge in [-0.15, -0.1) is 0 Å². The molecule has 33 heavy (non-hydrogen) atoms. The van der Waals surface area contributed by atoms with Gasteiger partial charge in [0.1, 0.15) is 18.1 Å². The molecule has 0 radical (unpaired) electrons. The van der Waals surface area contributed by atoms with Crippen LogP contribution in [0.15, 0.2) is 41.5 Å². The molecule has 1 aliphatic carbocycles. The van der Waals surface area contributed by atoms with Crippen LogP contribution in [0.4, 0.5) is 13.2 Å². The van der Waals surface area contributed by atoms with Crippen LogP contribution in [0.1, 0.15) is 40.5 Å². The first-order valence-corrected chi connectivity index (χ1v) is 10.3. The van der Waals surface area contributed by atoms with Gasteiger partial charge in [0.2, 0.25) is 0 Å². The van der Waals surface area contributed by atoms with Crippen molar-refractivity contribution in [1.82, 2.24) is 4.98 Å². The van der Waals surface area contributed by atoms with E-state index in [-0.39, 0.29) is 23.1 Å². The third-order valence-corrected chi connectivity index (χ3v) is 5.50. The number of ketones is 1. The second-order valence-electron chi connectivity index (χ2n) is 7.82. The number of nitrogens with zero attached hydrogens (tertiary/aromatic N) is 2. The average Bonchev–Trinajstić information content (AvgIpc) is 3.42. The van der Waals surface area contributed by atoms with E-state index >= 15 is 0 Å². The summed E-state index contributed by atoms with van der Waals surface area (Å²) in [6, 6.07) is 8.11. The second-order valence-corrected chi connectivity index (χ2v) is 8.22. The number of aliphatic imine (C=N–C) groups is 1. The van der Waals surface area contributed by atoms with Crippen molar-refractivity contribution < 1.29 is 32.6 Å². The van der Waals surface area contributed by atoms with Crippen LogP contribution in [-0.2, 0) is 27.7 Å². The fourth-order valence-corrected chi connectivity index (χ4v) is 3.95. The fraction of sp³-hybridized carbons (Fsp3) is 0.364. The van der Waals surface area contributed by atoms with Gasteiger partial charge in [-0.3, -0.25) is 19.6 Å². The number of Topliss-reactive ketones (excluding diaryl/α,β-unsaturated/α-hetero) is 1. The third-order valence-electron chi connectivity index (χ3n) is 5.21. The van der Waals surface area contributed by atoms with Crippen molar-refractivity contribution >= 4 is 29.2 Å². The van der Waals surface area contributed by atoms with Crippen molar-refractivity contribution in [2.45, 2.75) is 31.5 Å². The average molecular weight is 484 g/mol. The Kier molecular flexibility index (Phi) is 7.08. The standard InChI is InChI=1S/C20H17ClF3N3O2.C2H4O2/c21-15-6-13(20(22,23)24)8-26-18(15)16(28)5-11-2-1-3-12(4-11)19-7-14(19)9-29-10-17(25)27-19;1-2(3)4/h1-4,6,8,14H,5,7,9-10H2,(H2,25,27);1H3,(H,3,4)/t14-,19+;/m0./s1. The van der Waals surface area contributed by atoms with Gasteiger partial charge in [0.25, 0.3) is 5.97 Å². The van der Waals surface area contributed by atoms with Crippen LogP contribution >= 0.6 is 11.6 Å². The van der Waals surface area contributed by atoms with Crippen LogP contribution in [0.3, 0.4) is 0 Å². The van der Waals surface area contributed by atoms with E-state index in [0.717, 1.165) is 25.0 Å². The summed E-state index contributed by atoms with van der Waals surface area (Å²) in [4.78, 5) is 29.8. The summed E-state index contributed by atoms with van der Waals surface area (Å²) in [6.07, 6.45) is -3.18. The van der Waals surface area contributed by atoms with E-state index in [1.165, 1.54) is 0 Å². The lowest BCUT2D eigenvalue weighted by Gasteiger charge is -2.14. The van der Waals surface area contributed by atoms with Crippen LogP contribution < -0.4 is 5.73 Å². The Morgan fingerprint density at radius 1 is 1.33 bits per heavy atom. The first kappa shape index (κ1) is 24.7. The number of aliphatic carboxylic acids is 1. The van der Waals surface area contributed by atoms with Gasteiger partial charge in [-0.1, -0.05) is 35.9 Å². The van der Waals surface area contributed by atoms with Crippen LogP contribution in [0, 0.1) is 5.92 Å². The van der Waals surface area contributed by atoms with E-state index in [1.54, 1.807) is 6.07 Å². The largest absolute Gasteiger partial charge is 0.481 e. The number of alkyl halides is 3. The lowest BCUT2D eigenvalue weighted by Crippen LogP contribution is -2.20. The number of carboxylic acid groups (broad SMARTS) is 1. The molecular formula is C22H21ClF3N3O4. The Bertz CT molecular complexity index is 1100. The lowest BCUT2D eigenvalue weighted by atomic mass is 9.97. The molecule has 0 unspecified atom stereocenters. The molecule has 2 aliphatic rings. The van der Waals surface area contributed by atoms with E-state index in [2.05, 4.69) is 9.98 Å². The van der Waals surface area contributed by atoms with Gasteiger partial charge in [0, 0.05) is 25.5 Å². The van der Waals surface area contributed by atoms with E-state index in [1.807, 2.05) is 18.2 Å². The zero-order valence-electron chi connectivity index (χ0n) is 17.5. The second kappa shape index (κ2) is 9.48. The van der Waals surface area contributed by atoms with Crippen molar-refractivity contribution in [2.24, 2.45) is 16.6 Å². The molecule has 176 valence electrons. The predicted molar refractivity (Wildman–Crippen MR) is 114 cm³/mol. The van der Waals surface area contributed by atoms with E-state index in [4.69, 9.17) is 32.0 Å². The van der Waals surface area contributed by atoms with Gasteiger partial charge < -0.3 is 15.6 Å². The van der Waals surface area contributed by atoms with Gasteiger partial charge in [-0.25, -0.2) is 0 Å². The van der Waals surface area contributed by atoms with Crippen molar-refractivity contribution in [1.29, 1.82) is 0 Å². The highest BCUT2D eigenvalue weighted by Crippen LogP contribution is 2.56. The molecule has 0 saturated heterocycles. The Balaban J connectivity index is 0.000000709. The topological polar surface area (TPSA) is 115 Å². The Morgan fingerprint density at radius 2 is 2.03 bits per heavy atom. The molecule has 0 spiro atoms. The maximum absolute atomic E-state index is 12.8. The van der Waals surface area contributed by atoms with E-state index in [9.17, 15) is 18.0 Å². The quantitative estimate of drug-likeness (QED) is 0.638. The summed E-state index contributed by atoms with van der Waals surface area (Å²) < 4.78 is 43.8. The number of aromatic nitrogens is 1. The minimum atomic E-state index is -4.57. The van der Waals surface area contributed by atoms with Crippen LogP contribution in [-0.4, -0.2) is 40.9 Å². The molecule has 2 atom stereocenters. The van der Waals surface area contributed by atoms with Crippen molar-refractivity contribution in [3.05, 3.63) is 63.9 Å². The molecule has 1 saturated carbocycles. The van der Waals surface area contributed by atoms with Crippen molar-refractivity contribution in [3.8, 4) is 0 Å². The zero-order chi connectivity index (χ0) is 24.4. The number of fused-ring (bicyclic) bond motifs is 1. The highest BCUT2D eigenvalue weighted by Gasteiger charge is 2.56. The minimum absolute atomic E-state index is 0.0393. The zero-order valence-corrected chi connectivity index (χ0v) is 18.3. The number of carbonyl (C=O) groups is 2. The molecular weight excluding hydrogens is 463 g/mol. The number of benzene rings is 1. The monoisotopic (exact) mass is 483 g/mol. The smallest absolute Gasteiger partial charge is 0.417 e. The Labute approximate surface area is 192 Å². The molecule has 0 amide bonds. The number of amidine groups is 1. The van der Waals surface area contributed by atoms with Gasteiger partial charge in [-0.2, -0.15) is 13.2 Å². The van der Waals surface area contributed by atoms with Crippen LogP contribution in [0.5, 0.6) is 0 Å². The molecule has 2 aromatic rings. The predicted octanol–water partition coefficient (Wildman–Crippen LogP) is 3.87. The van der Waals surface area contributed by atoms with Crippen molar-refractivity contribution in [3.63, 3.8) is 0 Å². The van der Waals surface area contributed by atoms with Crippen molar-refractivity contribution in [2.75, 3.05) is 13.2 Å². The summed E-state index contributed by atoms with van der Waals surface area (Å²) in [5.74, 6) is -0.620. The molecule has 11 heteroatoms. The number of carboxylic acids is 1. The highest BCUT2D eigenvalue weighted by molar-refractivity contribution is 6.33. The number of rotatable bonds is 4. The lowest BCUT2D eigenvalue weighted by molar-refractivity contribution is -0.138. The normalized spacial score (nSPS) is 21.6. The van der Waals surface area contributed by atoms with E-state index in [0.29, 0.717) is 30.8 Å². The number of nitrogens with two attached hydrogens (primary N) is 1. The third kappa shape index (κ3) is 5.88. The number of pyridine rings is 1. The molecule has 1 fully saturated rings. The highest BCUT2D eigenvalue weighted by atomic mass is 35.5. The maximum Gasteiger partial charge on any atom is 0.417 e. The summed E-state index contributed by atoms with van der Waals surface area (Å²) >= 11 is 5.88. The number of ether oxygens (including phenoxy) is 1. The molecule has 7 nitrogen and oxygen atoms in total. The first-order chi connectivity index (χ1) is 15.4. The SMILES string of the molecule is CC(=O)O.NC1=N[C@@]2(c3cccc(CC(=O)c4ncc(C(F)(F)F)cc4Cl)c3)C[C@H]2COC1. The number of halogens is 4. The minimum Gasteiger partial charge on any atom is -0.481 e.